The van der Waals surface area contributed by atoms with Crippen molar-refractivity contribution >= 4 is 43.4 Å². The number of hydrogen-bond acceptors (Lipinski definition) is 0. The van der Waals surface area contributed by atoms with E-state index in [2.05, 4.69) is 16.7 Å². The second kappa shape index (κ2) is 10.5. The van der Waals surface area contributed by atoms with Gasteiger partial charge in [0.25, 0.3) is 0 Å². The van der Waals surface area contributed by atoms with Crippen LogP contribution in [0.4, 0.5) is 26.3 Å². The fourth-order valence-electron chi connectivity index (χ4n) is 6.78. The fraction of sp³-hybridized carbons (Fsp3) is 0.0500. The lowest BCUT2D eigenvalue weighted by atomic mass is 9.85. The summed E-state index contributed by atoms with van der Waals surface area (Å²) in [7, 11) is 0. The van der Waals surface area contributed by atoms with Crippen molar-refractivity contribution in [3.63, 3.8) is 0 Å². The van der Waals surface area contributed by atoms with Gasteiger partial charge in [-0.15, -0.1) is 0 Å². The van der Waals surface area contributed by atoms with Crippen LogP contribution >= 0.6 is 0 Å². The lowest BCUT2D eigenvalue weighted by Crippen LogP contribution is -2.04. The Kier molecular flexibility index (Phi) is 6.45. The van der Waals surface area contributed by atoms with E-state index < -0.39 is 23.5 Å². The molecule has 1 nitrogen and oxygen atoms in total. The summed E-state index contributed by atoms with van der Waals surface area (Å²) >= 11 is 0. The first-order valence-electron chi connectivity index (χ1n) is 14.9. The first-order valence-corrected chi connectivity index (χ1v) is 14.9. The number of hydrogen-bond donors (Lipinski definition) is 0. The van der Waals surface area contributed by atoms with Gasteiger partial charge in [-0.3, -0.25) is 0 Å². The molecule has 0 saturated heterocycles. The van der Waals surface area contributed by atoms with Gasteiger partial charge in [-0.2, -0.15) is 26.3 Å². The Morgan fingerprint density at radius 1 is 0.362 bits per heavy atom. The van der Waals surface area contributed by atoms with Gasteiger partial charge in [-0.1, -0.05) is 91.0 Å². The largest absolute Gasteiger partial charge is 0.416 e. The molecule has 0 saturated carbocycles. The molecular formula is C40H23F6N. The van der Waals surface area contributed by atoms with Gasteiger partial charge in [0, 0.05) is 16.5 Å². The van der Waals surface area contributed by atoms with Crippen LogP contribution in [0.2, 0.25) is 0 Å². The number of alkyl halides is 6. The molecular weight excluding hydrogens is 608 g/mol. The number of halogens is 6. The second-order valence-corrected chi connectivity index (χ2v) is 11.5. The summed E-state index contributed by atoms with van der Waals surface area (Å²) in [6, 6.07) is 39.9. The predicted molar refractivity (Wildman–Crippen MR) is 177 cm³/mol. The molecule has 47 heavy (non-hydrogen) atoms. The number of fused-ring (bicyclic) bond motifs is 5. The number of nitrogens with zero attached hydrogens (tertiary/aromatic N) is 1. The summed E-state index contributed by atoms with van der Waals surface area (Å²) in [4.78, 5) is 0. The van der Waals surface area contributed by atoms with Crippen molar-refractivity contribution in [2.24, 2.45) is 0 Å². The van der Waals surface area contributed by atoms with Crippen LogP contribution in [-0.2, 0) is 12.4 Å². The predicted octanol–water partition coefficient (Wildman–Crippen LogP) is 12.5. The number of rotatable bonds is 3. The van der Waals surface area contributed by atoms with Crippen molar-refractivity contribution in [3.05, 3.63) is 151 Å². The van der Waals surface area contributed by atoms with Gasteiger partial charge in [0.05, 0.1) is 22.2 Å². The molecule has 7 aromatic carbocycles. The standard InChI is InChI=1S/C40H23F6N/c41-39(42,43)26-17-13-24(14-18-26)37-31-9-1-2-10-32(31)38(25-15-19-27(20-16-25)40(44,45)46)34-23-28(21-22-33(34)37)47-35-11-5-3-7-29(35)30-8-4-6-12-36(30)47/h1-23H. The molecule has 230 valence electrons. The topological polar surface area (TPSA) is 4.93 Å². The Hall–Kier alpha value is -5.56. The minimum absolute atomic E-state index is 0.595. The zero-order chi connectivity index (χ0) is 32.5. The molecule has 0 amide bonds. The van der Waals surface area contributed by atoms with E-state index in [0.717, 1.165) is 84.4 Å². The summed E-state index contributed by atoms with van der Waals surface area (Å²) in [5, 5.41) is 5.24. The van der Waals surface area contributed by atoms with E-state index in [1.165, 1.54) is 24.3 Å². The van der Waals surface area contributed by atoms with E-state index in [1.807, 2.05) is 78.9 Å². The van der Waals surface area contributed by atoms with E-state index >= 15 is 0 Å². The maximum atomic E-state index is 13.6. The Balaban J connectivity index is 1.48. The molecule has 0 radical (unpaired) electrons. The Morgan fingerprint density at radius 3 is 1.19 bits per heavy atom. The maximum Gasteiger partial charge on any atom is 0.416 e. The van der Waals surface area contributed by atoms with Crippen molar-refractivity contribution in [3.8, 4) is 27.9 Å². The third-order valence-corrected chi connectivity index (χ3v) is 8.85. The Bertz CT molecular complexity index is 2410. The van der Waals surface area contributed by atoms with Crippen LogP contribution in [0, 0.1) is 0 Å². The first kappa shape index (κ1) is 28.9. The molecule has 8 rings (SSSR count). The van der Waals surface area contributed by atoms with Crippen LogP contribution in [0.15, 0.2) is 140 Å². The number of para-hydroxylation sites is 2. The van der Waals surface area contributed by atoms with Crippen molar-refractivity contribution in [1.29, 1.82) is 0 Å². The van der Waals surface area contributed by atoms with Gasteiger partial charge < -0.3 is 4.57 Å². The molecule has 0 aliphatic heterocycles. The Labute approximate surface area is 264 Å². The summed E-state index contributed by atoms with van der Waals surface area (Å²) < 4.78 is 83.3. The summed E-state index contributed by atoms with van der Waals surface area (Å²) in [5.74, 6) is 0. The van der Waals surface area contributed by atoms with E-state index in [9.17, 15) is 26.3 Å². The van der Waals surface area contributed by atoms with Crippen LogP contribution in [0.1, 0.15) is 11.1 Å². The Morgan fingerprint density at radius 2 is 0.745 bits per heavy atom. The van der Waals surface area contributed by atoms with Gasteiger partial charge in [-0.05, 0) is 92.3 Å². The highest BCUT2D eigenvalue weighted by Crippen LogP contribution is 2.46. The van der Waals surface area contributed by atoms with Crippen molar-refractivity contribution in [2.75, 3.05) is 0 Å². The third-order valence-electron chi connectivity index (χ3n) is 8.85. The summed E-state index contributed by atoms with van der Waals surface area (Å²) in [6.45, 7) is 0. The van der Waals surface area contributed by atoms with Gasteiger partial charge in [0.15, 0.2) is 0 Å². The molecule has 0 unspecified atom stereocenters. The first-order chi connectivity index (χ1) is 22.6. The third kappa shape index (κ3) is 4.73. The SMILES string of the molecule is FC(F)(F)c1ccc(-c2c3ccccc3c(-c3ccc(C(F)(F)F)cc3)c3cc(-n4c5ccccc5c5ccccc54)ccc23)cc1. The molecule has 0 bridgehead atoms. The van der Waals surface area contributed by atoms with Gasteiger partial charge >= 0.3 is 12.4 Å². The zero-order valence-corrected chi connectivity index (χ0v) is 24.5. The monoisotopic (exact) mass is 631 g/mol. The van der Waals surface area contributed by atoms with Crippen LogP contribution < -0.4 is 0 Å². The van der Waals surface area contributed by atoms with E-state index in [1.54, 1.807) is 0 Å². The quantitative estimate of drug-likeness (QED) is 0.135. The molecule has 1 heterocycles. The molecule has 0 spiro atoms. The second-order valence-electron chi connectivity index (χ2n) is 11.5. The normalized spacial score (nSPS) is 12.5. The van der Waals surface area contributed by atoms with E-state index in [4.69, 9.17) is 0 Å². The average molecular weight is 632 g/mol. The molecule has 0 fully saturated rings. The fourth-order valence-corrected chi connectivity index (χ4v) is 6.78. The van der Waals surface area contributed by atoms with E-state index in [0.29, 0.717) is 11.1 Å². The smallest absolute Gasteiger partial charge is 0.309 e. The van der Waals surface area contributed by atoms with Crippen LogP contribution in [0.25, 0.3) is 71.3 Å². The van der Waals surface area contributed by atoms with Crippen LogP contribution in [0.3, 0.4) is 0 Å². The summed E-state index contributed by atoms with van der Waals surface area (Å²) in [5.41, 5.74) is 4.02. The maximum absolute atomic E-state index is 13.6. The minimum Gasteiger partial charge on any atom is -0.309 e. The summed E-state index contributed by atoms with van der Waals surface area (Å²) in [6.07, 6.45) is -8.97. The lowest BCUT2D eigenvalue weighted by molar-refractivity contribution is -0.138. The van der Waals surface area contributed by atoms with Crippen LogP contribution in [-0.4, -0.2) is 4.57 Å². The average Bonchev–Trinajstić information content (AvgIpc) is 3.41. The molecule has 8 aromatic rings. The van der Waals surface area contributed by atoms with Gasteiger partial charge in [-0.25, -0.2) is 0 Å². The molecule has 0 atom stereocenters. The molecule has 0 aliphatic carbocycles. The van der Waals surface area contributed by atoms with Crippen molar-refractivity contribution < 1.29 is 26.3 Å². The zero-order valence-electron chi connectivity index (χ0n) is 24.5. The van der Waals surface area contributed by atoms with Crippen molar-refractivity contribution in [2.45, 2.75) is 12.4 Å². The van der Waals surface area contributed by atoms with Gasteiger partial charge in [0.2, 0.25) is 0 Å². The van der Waals surface area contributed by atoms with Crippen molar-refractivity contribution in [1.82, 2.24) is 4.57 Å². The lowest BCUT2D eigenvalue weighted by Gasteiger charge is -2.20. The molecule has 0 aliphatic rings. The highest BCUT2D eigenvalue weighted by Gasteiger charge is 2.31. The molecule has 0 N–H and O–H groups in total. The number of aromatic nitrogens is 1. The molecule has 1 aromatic heterocycles. The van der Waals surface area contributed by atoms with E-state index in [-0.39, 0.29) is 0 Å². The number of benzene rings is 7. The highest BCUT2D eigenvalue weighted by atomic mass is 19.4. The highest BCUT2D eigenvalue weighted by molar-refractivity contribution is 6.22. The molecule has 7 heteroatoms. The van der Waals surface area contributed by atoms with Crippen LogP contribution in [0.5, 0.6) is 0 Å². The van der Waals surface area contributed by atoms with Gasteiger partial charge in [0.1, 0.15) is 0 Å². The minimum atomic E-state index is -4.49.